The quantitative estimate of drug-likeness (QED) is 0.677. The molecule has 5 heteroatoms. The van der Waals surface area contributed by atoms with Gasteiger partial charge in [-0.25, -0.2) is 9.18 Å². The summed E-state index contributed by atoms with van der Waals surface area (Å²) in [6.07, 6.45) is 0. The fourth-order valence-corrected chi connectivity index (χ4v) is 2.15. The van der Waals surface area contributed by atoms with Gasteiger partial charge in [-0.2, -0.15) is 0 Å². The van der Waals surface area contributed by atoms with E-state index in [1.165, 1.54) is 12.1 Å². The van der Waals surface area contributed by atoms with Gasteiger partial charge < -0.3 is 14.7 Å². The van der Waals surface area contributed by atoms with Gasteiger partial charge in [0.25, 0.3) is 0 Å². The Morgan fingerprint density at radius 1 is 1.35 bits per heavy atom. The molecule has 2 heterocycles. The van der Waals surface area contributed by atoms with Gasteiger partial charge in [0.1, 0.15) is 11.5 Å². The number of nitrogens with one attached hydrogen (secondary N) is 1. The van der Waals surface area contributed by atoms with Crippen molar-refractivity contribution in [3.63, 3.8) is 0 Å². The number of aromatic amines is 1. The van der Waals surface area contributed by atoms with Crippen molar-refractivity contribution in [3.8, 4) is 0 Å². The predicted octanol–water partition coefficient (Wildman–Crippen LogP) is 2.50. The van der Waals surface area contributed by atoms with E-state index in [1.807, 2.05) is 0 Å². The Hall–Kier alpha value is -2.30. The van der Waals surface area contributed by atoms with Crippen molar-refractivity contribution >= 4 is 27.9 Å². The Morgan fingerprint density at radius 3 is 2.82 bits per heavy atom. The highest BCUT2D eigenvalue weighted by molar-refractivity contribution is 6.08. The van der Waals surface area contributed by atoms with E-state index in [-0.39, 0.29) is 11.5 Å². The maximum absolute atomic E-state index is 13.1. The molecule has 0 aliphatic heterocycles. The molecule has 0 fully saturated rings. The summed E-state index contributed by atoms with van der Waals surface area (Å²) in [5.74, 6) is -1.31. The van der Waals surface area contributed by atoms with Gasteiger partial charge in [-0.05, 0) is 24.3 Å². The molecule has 3 rings (SSSR count). The zero-order valence-corrected chi connectivity index (χ0v) is 8.99. The predicted molar refractivity (Wildman–Crippen MR) is 61.7 cm³/mol. The molecule has 0 aliphatic rings. The van der Waals surface area contributed by atoms with Crippen LogP contribution in [0.25, 0.3) is 21.9 Å². The van der Waals surface area contributed by atoms with Crippen LogP contribution in [-0.2, 0) is 7.05 Å². The van der Waals surface area contributed by atoms with Crippen LogP contribution in [0.2, 0.25) is 0 Å². The molecule has 0 unspecified atom stereocenters. The minimum atomic E-state index is -1.00. The molecule has 4 nitrogen and oxygen atoms in total. The van der Waals surface area contributed by atoms with Crippen LogP contribution in [0.15, 0.2) is 24.3 Å². The lowest BCUT2D eigenvalue weighted by atomic mass is 10.2. The second kappa shape index (κ2) is 3.10. The molecular weight excluding hydrogens is 223 g/mol. The first-order chi connectivity index (χ1) is 8.08. The summed E-state index contributed by atoms with van der Waals surface area (Å²) >= 11 is 0. The van der Waals surface area contributed by atoms with Crippen molar-refractivity contribution in [2.45, 2.75) is 0 Å². The highest BCUT2D eigenvalue weighted by Gasteiger charge is 2.14. The third-order valence-electron chi connectivity index (χ3n) is 2.98. The van der Waals surface area contributed by atoms with Gasteiger partial charge in [0.2, 0.25) is 0 Å². The molecule has 3 aromatic rings. The standard InChI is InChI=1S/C12H9FN2O2/c1-15-9-4-6(13)2-3-7(9)11-10(15)5-8(14-11)12(16)17/h2-5,14H,1H3,(H,16,17). The minimum Gasteiger partial charge on any atom is -0.477 e. The number of hydrogen-bond acceptors (Lipinski definition) is 1. The Balaban J connectivity index is 2.46. The van der Waals surface area contributed by atoms with E-state index in [0.717, 1.165) is 21.9 Å². The van der Waals surface area contributed by atoms with E-state index in [2.05, 4.69) is 4.98 Å². The number of nitrogens with zero attached hydrogens (tertiary/aromatic N) is 1. The van der Waals surface area contributed by atoms with Crippen molar-refractivity contribution in [1.29, 1.82) is 0 Å². The Labute approximate surface area is 95.3 Å². The number of aromatic carboxylic acids is 1. The normalized spacial score (nSPS) is 11.4. The molecule has 2 N–H and O–H groups in total. The summed E-state index contributed by atoms with van der Waals surface area (Å²) < 4.78 is 14.9. The molecule has 2 aromatic heterocycles. The highest BCUT2D eigenvalue weighted by atomic mass is 19.1. The van der Waals surface area contributed by atoms with Gasteiger partial charge in [0, 0.05) is 12.4 Å². The van der Waals surface area contributed by atoms with Crippen molar-refractivity contribution in [3.05, 3.63) is 35.8 Å². The first-order valence-corrected chi connectivity index (χ1v) is 5.08. The SMILES string of the molecule is Cn1c2cc(F)ccc2c2[nH]c(C(=O)O)cc21. The number of fused-ring (bicyclic) bond motifs is 3. The van der Waals surface area contributed by atoms with E-state index in [0.29, 0.717) is 0 Å². The number of rotatable bonds is 1. The zero-order chi connectivity index (χ0) is 12.2. The number of aryl methyl sites for hydroxylation is 1. The minimum absolute atomic E-state index is 0.136. The van der Waals surface area contributed by atoms with Crippen molar-refractivity contribution in [2.24, 2.45) is 7.05 Å². The Bertz CT molecular complexity index is 755. The molecule has 86 valence electrons. The number of aromatic nitrogens is 2. The van der Waals surface area contributed by atoms with Gasteiger partial charge in [0.15, 0.2) is 0 Å². The summed E-state index contributed by atoms with van der Waals surface area (Å²) in [6.45, 7) is 0. The molecule has 0 bridgehead atoms. The van der Waals surface area contributed by atoms with Crippen molar-refractivity contribution in [1.82, 2.24) is 9.55 Å². The number of carbonyl (C=O) groups is 1. The van der Waals surface area contributed by atoms with E-state index >= 15 is 0 Å². The van der Waals surface area contributed by atoms with Gasteiger partial charge >= 0.3 is 5.97 Å². The average molecular weight is 232 g/mol. The number of H-pyrrole nitrogens is 1. The molecule has 0 saturated carbocycles. The smallest absolute Gasteiger partial charge is 0.352 e. The van der Waals surface area contributed by atoms with E-state index in [4.69, 9.17) is 5.11 Å². The second-order valence-electron chi connectivity index (χ2n) is 3.97. The summed E-state index contributed by atoms with van der Waals surface area (Å²) in [7, 11) is 1.78. The molecule has 0 spiro atoms. The van der Waals surface area contributed by atoms with Crippen LogP contribution in [0.4, 0.5) is 4.39 Å². The van der Waals surface area contributed by atoms with E-state index in [9.17, 15) is 9.18 Å². The summed E-state index contributed by atoms with van der Waals surface area (Å²) in [5, 5.41) is 9.73. The maximum atomic E-state index is 13.1. The fraction of sp³-hybridized carbons (Fsp3) is 0.0833. The molecule has 0 radical (unpaired) electrons. The maximum Gasteiger partial charge on any atom is 0.352 e. The van der Waals surface area contributed by atoms with Crippen molar-refractivity contribution < 1.29 is 14.3 Å². The lowest BCUT2D eigenvalue weighted by Crippen LogP contribution is -1.95. The van der Waals surface area contributed by atoms with Crippen LogP contribution in [-0.4, -0.2) is 20.6 Å². The zero-order valence-electron chi connectivity index (χ0n) is 8.99. The highest BCUT2D eigenvalue weighted by Crippen LogP contribution is 2.28. The Morgan fingerprint density at radius 2 is 2.12 bits per heavy atom. The van der Waals surface area contributed by atoms with Crippen molar-refractivity contribution in [2.75, 3.05) is 0 Å². The molecule has 0 amide bonds. The topological polar surface area (TPSA) is 58.0 Å². The largest absolute Gasteiger partial charge is 0.477 e. The molecule has 0 aliphatic carbocycles. The molecule has 1 aromatic carbocycles. The average Bonchev–Trinajstić information content (AvgIpc) is 2.80. The number of halogens is 1. The number of hydrogen-bond donors (Lipinski definition) is 2. The van der Waals surface area contributed by atoms with Crippen LogP contribution in [0.5, 0.6) is 0 Å². The first-order valence-electron chi connectivity index (χ1n) is 5.08. The van der Waals surface area contributed by atoms with Crippen LogP contribution < -0.4 is 0 Å². The number of carboxylic acids is 1. The molecule has 17 heavy (non-hydrogen) atoms. The van der Waals surface area contributed by atoms with Gasteiger partial charge in [-0.1, -0.05) is 0 Å². The van der Waals surface area contributed by atoms with Gasteiger partial charge in [0.05, 0.1) is 16.6 Å². The molecule has 0 saturated heterocycles. The number of benzene rings is 1. The lowest BCUT2D eigenvalue weighted by molar-refractivity contribution is 0.0691. The van der Waals surface area contributed by atoms with E-state index in [1.54, 1.807) is 23.7 Å². The van der Waals surface area contributed by atoms with Gasteiger partial charge in [-0.3, -0.25) is 0 Å². The molecule has 0 atom stereocenters. The fourth-order valence-electron chi connectivity index (χ4n) is 2.15. The monoisotopic (exact) mass is 232 g/mol. The van der Waals surface area contributed by atoms with Gasteiger partial charge in [-0.15, -0.1) is 0 Å². The van der Waals surface area contributed by atoms with E-state index < -0.39 is 5.97 Å². The number of carboxylic acid groups (broad SMARTS) is 1. The third-order valence-corrected chi connectivity index (χ3v) is 2.98. The van der Waals surface area contributed by atoms with Crippen LogP contribution in [0, 0.1) is 5.82 Å². The summed E-state index contributed by atoms with van der Waals surface area (Å²) in [5.41, 5.74) is 2.35. The van der Waals surface area contributed by atoms with Crippen LogP contribution >= 0.6 is 0 Å². The first kappa shape index (κ1) is 9.89. The summed E-state index contributed by atoms with van der Waals surface area (Å²) in [4.78, 5) is 13.7. The third kappa shape index (κ3) is 1.25. The molecular formula is C12H9FN2O2. The lowest BCUT2D eigenvalue weighted by Gasteiger charge is -1.97. The summed E-state index contributed by atoms with van der Waals surface area (Å²) in [6, 6.07) is 6.00. The van der Waals surface area contributed by atoms with Crippen LogP contribution in [0.3, 0.4) is 0 Å². The van der Waals surface area contributed by atoms with Crippen LogP contribution in [0.1, 0.15) is 10.5 Å². The Kier molecular flexibility index (Phi) is 1.80. The second-order valence-corrected chi connectivity index (χ2v) is 3.97.